The highest BCUT2D eigenvalue weighted by Crippen LogP contribution is 2.20. The first-order valence-electron chi connectivity index (χ1n) is 6.23. The van der Waals surface area contributed by atoms with Gasteiger partial charge in [-0.05, 0) is 19.8 Å². The van der Waals surface area contributed by atoms with Crippen LogP contribution in [0.25, 0.3) is 0 Å². The summed E-state index contributed by atoms with van der Waals surface area (Å²) in [6, 6.07) is 0.131. The zero-order chi connectivity index (χ0) is 13.8. The van der Waals surface area contributed by atoms with Crippen LogP contribution in [0.5, 0.6) is 0 Å². The van der Waals surface area contributed by atoms with Crippen LogP contribution in [0, 0.1) is 5.41 Å². The maximum Gasteiger partial charge on any atom is 0.209 e. The Morgan fingerprint density at radius 1 is 1.63 bits per heavy atom. The molecule has 1 atom stereocenters. The van der Waals surface area contributed by atoms with Crippen LogP contribution in [-0.2, 0) is 4.79 Å². The Bertz CT molecular complexity index is 489. The standard InChI is InChI=1S/C12H18N6O/c1-8(13)10-11(14)15-6-16-12(10)17-9-3-2-4-18(5-9)7-19/h6-7,9,13H,2-5H2,1H3,(H3,14,15,16,17). The predicted molar refractivity (Wildman–Crippen MR) is 73.2 cm³/mol. The SMILES string of the molecule is CC(=N)c1c(N)ncnc1NC1CCCN(C=O)C1. The molecule has 2 heterocycles. The first-order valence-corrected chi connectivity index (χ1v) is 6.23. The third-order valence-corrected chi connectivity index (χ3v) is 3.19. The molecule has 0 radical (unpaired) electrons. The van der Waals surface area contributed by atoms with Crippen LogP contribution in [0.1, 0.15) is 25.3 Å². The molecule has 4 N–H and O–H groups in total. The van der Waals surface area contributed by atoms with Crippen molar-refractivity contribution in [2.45, 2.75) is 25.8 Å². The molecule has 1 aliphatic rings. The van der Waals surface area contributed by atoms with Gasteiger partial charge in [-0.3, -0.25) is 4.79 Å². The Hall–Kier alpha value is -2.18. The van der Waals surface area contributed by atoms with Crippen LogP contribution in [0.4, 0.5) is 11.6 Å². The largest absolute Gasteiger partial charge is 0.383 e. The molecule has 0 spiro atoms. The summed E-state index contributed by atoms with van der Waals surface area (Å²) in [6.07, 6.45) is 4.16. The van der Waals surface area contributed by atoms with Crippen molar-refractivity contribution >= 4 is 23.8 Å². The summed E-state index contributed by atoms with van der Waals surface area (Å²) >= 11 is 0. The van der Waals surface area contributed by atoms with E-state index in [1.807, 2.05) is 0 Å². The number of carbonyl (C=O) groups is 1. The van der Waals surface area contributed by atoms with E-state index in [0.717, 1.165) is 25.8 Å². The van der Waals surface area contributed by atoms with Crippen molar-refractivity contribution in [3.8, 4) is 0 Å². The van der Waals surface area contributed by atoms with Crippen molar-refractivity contribution in [3.05, 3.63) is 11.9 Å². The normalized spacial score (nSPS) is 19.0. The maximum absolute atomic E-state index is 10.8. The van der Waals surface area contributed by atoms with E-state index in [1.54, 1.807) is 11.8 Å². The molecule has 1 unspecified atom stereocenters. The molecule has 1 amide bonds. The van der Waals surface area contributed by atoms with Gasteiger partial charge in [-0.1, -0.05) is 0 Å². The predicted octanol–water partition coefficient (Wildman–Crippen LogP) is 0.479. The summed E-state index contributed by atoms with van der Waals surface area (Å²) < 4.78 is 0. The third kappa shape index (κ3) is 2.98. The second-order valence-corrected chi connectivity index (χ2v) is 4.69. The lowest BCUT2D eigenvalue weighted by atomic mass is 10.1. The minimum atomic E-state index is 0.131. The fourth-order valence-corrected chi connectivity index (χ4v) is 2.29. The number of aromatic nitrogens is 2. The Morgan fingerprint density at radius 3 is 3.11 bits per heavy atom. The number of anilines is 2. The molecule has 0 saturated carbocycles. The van der Waals surface area contributed by atoms with Gasteiger partial charge in [0.2, 0.25) is 6.41 Å². The number of hydrogen-bond donors (Lipinski definition) is 3. The number of rotatable bonds is 4. The molecule has 7 nitrogen and oxygen atoms in total. The number of nitrogens with two attached hydrogens (primary N) is 1. The molecule has 1 aromatic heterocycles. The summed E-state index contributed by atoms with van der Waals surface area (Å²) in [6.45, 7) is 3.09. The molecule has 1 saturated heterocycles. The molecule has 1 aromatic rings. The highest BCUT2D eigenvalue weighted by Gasteiger charge is 2.21. The van der Waals surface area contributed by atoms with Gasteiger partial charge in [0.15, 0.2) is 0 Å². The fourth-order valence-electron chi connectivity index (χ4n) is 2.29. The van der Waals surface area contributed by atoms with Gasteiger partial charge >= 0.3 is 0 Å². The zero-order valence-electron chi connectivity index (χ0n) is 10.9. The molecule has 102 valence electrons. The fraction of sp³-hybridized carbons (Fsp3) is 0.500. The summed E-state index contributed by atoms with van der Waals surface area (Å²) in [7, 11) is 0. The Balaban J connectivity index is 2.17. The van der Waals surface area contributed by atoms with Crippen LogP contribution >= 0.6 is 0 Å². The number of nitrogen functional groups attached to an aromatic ring is 1. The number of likely N-dealkylation sites (tertiary alicyclic amines) is 1. The first-order chi connectivity index (χ1) is 9.11. The number of nitrogens with zero attached hydrogens (tertiary/aromatic N) is 3. The Labute approximate surface area is 111 Å². The lowest BCUT2D eigenvalue weighted by molar-refractivity contribution is -0.119. The molecule has 1 aliphatic heterocycles. The van der Waals surface area contributed by atoms with E-state index in [1.165, 1.54) is 6.33 Å². The van der Waals surface area contributed by atoms with Crippen molar-refractivity contribution in [1.82, 2.24) is 14.9 Å². The highest BCUT2D eigenvalue weighted by atomic mass is 16.1. The average molecular weight is 262 g/mol. The lowest BCUT2D eigenvalue weighted by Crippen LogP contribution is -2.41. The van der Waals surface area contributed by atoms with E-state index >= 15 is 0 Å². The van der Waals surface area contributed by atoms with E-state index in [4.69, 9.17) is 11.1 Å². The summed E-state index contributed by atoms with van der Waals surface area (Å²) in [4.78, 5) is 20.6. The molecule has 7 heteroatoms. The Kier molecular flexibility index (Phi) is 3.94. The molecule has 0 aromatic carbocycles. The minimum absolute atomic E-state index is 0.131. The minimum Gasteiger partial charge on any atom is -0.383 e. The van der Waals surface area contributed by atoms with Crippen molar-refractivity contribution in [1.29, 1.82) is 5.41 Å². The maximum atomic E-state index is 10.8. The van der Waals surface area contributed by atoms with Crippen LogP contribution in [0.2, 0.25) is 0 Å². The van der Waals surface area contributed by atoms with Gasteiger partial charge in [-0.15, -0.1) is 0 Å². The van der Waals surface area contributed by atoms with E-state index in [9.17, 15) is 4.79 Å². The summed E-state index contributed by atoms with van der Waals surface area (Å²) in [5, 5.41) is 11.0. The van der Waals surface area contributed by atoms with Crippen LogP contribution in [0.3, 0.4) is 0 Å². The summed E-state index contributed by atoms with van der Waals surface area (Å²) in [5.74, 6) is 0.866. The van der Waals surface area contributed by atoms with Gasteiger partial charge in [0.1, 0.15) is 18.0 Å². The number of amides is 1. The van der Waals surface area contributed by atoms with Crippen LogP contribution < -0.4 is 11.1 Å². The van der Waals surface area contributed by atoms with Gasteiger partial charge < -0.3 is 21.4 Å². The number of piperidine rings is 1. The molecular formula is C12H18N6O. The topological polar surface area (TPSA) is 108 Å². The third-order valence-electron chi connectivity index (χ3n) is 3.19. The Morgan fingerprint density at radius 2 is 2.42 bits per heavy atom. The van der Waals surface area contributed by atoms with E-state index in [0.29, 0.717) is 29.5 Å². The monoisotopic (exact) mass is 262 g/mol. The number of hydrogen-bond acceptors (Lipinski definition) is 6. The van der Waals surface area contributed by atoms with Crippen molar-refractivity contribution in [3.63, 3.8) is 0 Å². The van der Waals surface area contributed by atoms with E-state index < -0.39 is 0 Å². The molecule has 1 fully saturated rings. The number of carbonyl (C=O) groups excluding carboxylic acids is 1. The van der Waals surface area contributed by atoms with E-state index in [-0.39, 0.29) is 6.04 Å². The summed E-state index contributed by atoms with van der Waals surface area (Å²) in [5.41, 5.74) is 6.64. The second-order valence-electron chi connectivity index (χ2n) is 4.69. The van der Waals surface area contributed by atoms with Gasteiger partial charge in [0, 0.05) is 24.8 Å². The van der Waals surface area contributed by atoms with Crippen molar-refractivity contribution < 1.29 is 4.79 Å². The molecule has 2 rings (SSSR count). The molecule has 19 heavy (non-hydrogen) atoms. The van der Waals surface area contributed by atoms with Gasteiger partial charge in [0.25, 0.3) is 0 Å². The average Bonchev–Trinajstić information content (AvgIpc) is 2.38. The first kappa shape index (κ1) is 13.3. The number of nitrogens with one attached hydrogen (secondary N) is 2. The van der Waals surface area contributed by atoms with Gasteiger partial charge in [-0.2, -0.15) is 0 Å². The van der Waals surface area contributed by atoms with Gasteiger partial charge in [-0.25, -0.2) is 9.97 Å². The molecular weight excluding hydrogens is 244 g/mol. The van der Waals surface area contributed by atoms with E-state index in [2.05, 4.69) is 15.3 Å². The van der Waals surface area contributed by atoms with Crippen molar-refractivity contribution in [2.24, 2.45) is 0 Å². The molecule has 0 bridgehead atoms. The smallest absolute Gasteiger partial charge is 0.209 e. The van der Waals surface area contributed by atoms with Crippen molar-refractivity contribution in [2.75, 3.05) is 24.1 Å². The quantitative estimate of drug-likeness (QED) is 0.540. The molecule has 0 aliphatic carbocycles. The second kappa shape index (κ2) is 5.64. The lowest BCUT2D eigenvalue weighted by Gasteiger charge is -2.31. The highest BCUT2D eigenvalue weighted by molar-refractivity contribution is 6.04. The zero-order valence-corrected chi connectivity index (χ0v) is 10.9. The van der Waals surface area contributed by atoms with Crippen LogP contribution in [0.15, 0.2) is 6.33 Å². The van der Waals surface area contributed by atoms with Crippen LogP contribution in [-0.4, -0.2) is 46.1 Å². The van der Waals surface area contributed by atoms with Gasteiger partial charge in [0.05, 0.1) is 5.56 Å².